The second kappa shape index (κ2) is 5.27. The van der Waals surface area contributed by atoms with E-state index >= 15 is 0 Å². The molecule has 0 spiro atoms. The number of anilines is 2. The fourth-order valence-electron chi connectivity index (χ4n) is 1.38. The van der Waals surface area contributed by atoms with Crippen LogP contribution in [0, 0.1) is 0 Å². The molecule has 0 saturated carbocycles. The third-order valence-corrected chi connectivity index (χ3v) is 2.82. The zero-order valence-corrected chi connectivity index (χ0v) is 10.8. The van der Waals surface area contributed by atoms with Crippen LogP contribution < -0.4 is 5.32 Å². The van der Waals surface area contributed by atoms with Gasteiger partial charge >= 0.3 is 6.18 Å². The summed E-state index contributed by atoms with van der Waals surface area (Å²) in [5.41, 5.74) is -0.461. The summed E-state index contributed by atoms with van der Waals surface area (Å²) in [5, 5.41) is 3.24. The van der Waals surface area contributed by atoms with Crippen LogP contribution in [0.4, 0.5) is 24.7 Å². The van der Waals surface area contributed by atoms with Gasteiger partial charge in [-0.05, 0) is 30.3 Å². The molecule has 0 amide bonds. The van der Waals surface area contributed by atoms with Crippen molar-refractivity contribution < 1.29 is 13.2 Å². The monoisotopic (exact) mass is 306 g/mol. The van der Waals surface area contributed by atoms with Gasteiger partial charge in [0.25, 0.3) is 0 Å². The molecule has 0 atom stereocenters. The van der Waals surface area contributed by atoms with Gasteiger partial charge in [-0.15, -0.1) is 0 Å². The van der Waals surface area contributed by atoms with Gasteiger partial charge < -0.3 is 5.32 Å². The molecule has 2 rings (SSSR count). The molecular formula is C12H7Cl2F3N2. The van der Waals surface area contributed by atoms with Gasteiger partial charge in [-0.1, -0.05) is 23.2 Å². The third kappa shape index (κ3) is 3.52. The fourth-order valence-corrected chi connectivity index (χ4v) is 1.72. The van der Waals surface area contributed by atoms with Gasteiger partial charge in [-0.2, -0.15) is 13.2 Å². The molecule has 0 radical (unpaired) electrons. The average Bonchev–Trinajstić information content (AvgIpc) is 2.33. The molecule has 0 aliphatic rings. The third-order valence-electron chi connectivity index (χ3n) is 2.29. The van der Waals surface area contributed by atoms with Crippen molar-refractivity contribution in [3.63, 3.8) is 0 Å². The molecule has 2 aromatic rings. The zero-order valence-electron chi connectivity index (χ0n) is 9.30. The molecule has 0 saturated heterocycles. The van der Waals surface area contributed by atoms with E-state index in [1.165, 1.54) is 12.3 Å². The summed E-state index contributed by atoms with van der Waals surface area (Å²) in [4.78, 5) is 3.96. The molecule has 19 heavy (non-hydrogen) atoms. The Bertz CT molecular complexity index is 583. The largest absolute Gasteiger partial charge is 0.416 e. The van der Waals surface area contributed by atoms with Crippen molar-refractivity contribution in [2.24, 2.45) is 0 Å². The average molecular weight is 307 g/mol. The lowest BCUT2D eigenvalue weighted by Crippen LogP contribution is -2.05. The molecule has 0 bridgehead atoms. The van der Waals surface area contributed by atoms with Crippen LogP contribution >= 0.6 is 23.2 Å². The number of hydrogen-bond donors (Lipinski definition) is 1. The first kappa shape index (κ1) is 14.0. The molecule has 100 valence electrons. The second-order valence-electron chi connectivity index (χ2n) is 3.68. The maximum absolute atomic E-state index is 12.5. The summed E-state index contributed by atoms with van der Waals surface area (Å²) in [6, 6.07) is 6.26. The van der Waals surface area contributed by atoms with Crippen molar-refractivity contribution in [3.05, 3.63) is 52.1 Å². The van der Waals surface area contributed by atoms with Crippen molar-refractivity contribution >= 4 is 34.7 Å². The Morgan fingerprint density at radius 2 is 1.79 bits per heavy atom. The summed E-state index contributed by atoms with van der Waals surface area (Å²) in [7, 11) is 0. The molecule has 7 heteroatoms. The molecular weight excluding hydrogens is 300 g/mol. The zero-order chi connectivity index (χ0) is 14.0. The highest BCUT2D eigenvalue weighted by atomic mass is 35.5. The van der Waals surface area contributed by atoms with Crippen LogP contribution in [0.15, 0.2) is 36.5 Å². The molecule has 1 aromatic heterocycles. The molecule has 0 fully saturated rings. The van der Waals surface area contributed by atoms with Crippen molar-refractivity contribution in [2.45, 2.75) is 6.18 Å². The minimum Gasteiger partial charge on any atom is -0.339 e. The van der Waals surface area contributed by atoms with Crippen molar-refractivity contribution in [2.75, 3.05) is 5.32 Å². The summed E-state index contributed by atoms with van der Waals surface area (Å²) >= 11 is 11.5. The number of hydrogen-bond acceptors (Lipinski definition) is 2. The van der Waals surface area contributed by atoms with E-state index in [0.717, 1.165) is 12.1 Å². The van der Waals surface area contributed by atoms with Crippen LogP contribution in [-0.4, -0.2) is 4.98 Å². The minimum atomic E-state index is -4.42. The number of alkyl halides is 3. The van der Waals surface area contributed by atoms with E-state index in [2.05, 4.69) is 10.3 Å². The molecule has 1 heterocycles. The number of benzene rings is 1. The lowest BCUT2D eigenvalue weighted by atomic mass is 10.2. The normalized spacial score (nSPS) is 11.4. The van der Waals surface area contributed by atoms with E-state index in [0.29, 0.717) is 16.5 Å². The second-order valence-corrected chi connectivity index (χ2v) is 4.52. The van der Waals surface area contributed by atoms with Crippen LogP contribution in [0.2, 0.25) is 10.0 Å². The number of rotatable bonds is 2. The number of halogens is 5. The summed E-state index contributed by atoms with van der Waals surface area (Å²) in [6.07, 6.45) is -3.00. The lowest BCUT2D eigenvalue weighted by Gasteiger charge is -2.11. The summed E-state index contributed by atoms with van der Waals surface area (Å²) < 4.78 is 37.4. The highest BCUT2D eigenvalue weighted by Gasteiger charge is 2.30. The molecule has 0 aliphatic carbocycles. The van der Waals surface area contributed by atoms with E-state index in [9.17, 15) is 13.2 Å². The van der Waals surface area contributed by atoms with Crippen molar-refractivity contribution in [1.82, 2.24) is 4.98 Å². The van der Waals surface area contributed by atoms with Gasteiger partial charge in [0.05, 0.1) is 21.3 Å². The number of nitrogens with zero attached hydrogens (tertiary/aromatic N) is 1. The predicted molar refractivity (Wildman–Crippen MR) is 69.0 cm³/mol. The maximum Gasteiger partial charge on any atom is 0.416 e. The molecule has 1 aromatic carbocycles. The van der Waals surface area contributed by atoms with E-state index in [1.807, 2.05) is 0 Å². The van der Waals surface area contributed by atoms with Gasteiger partial charge in [0.1, 0.15) is 5.82 Å². The first-order valence-electron chi connectivity index (χ1n) is 5.11. The lowest BCUT2D eigenvalue weighted by molar-refractivity contribution is -0.137. The topological polar surface area (TPSA) is 24.9 Å². The number of pyridine rings is 1. The molecule has 1 N–H and O–H groups in total. The Hall–Kier alpha value is -1.46. The summed E-state index contributed by atoms with van der Waals surface area (Å²) in [5.74, 6) is 0.436. The van der Waals surface area contributed by atoms with Gasteiger partial charge in [0, 0.05) is 6.20 Å². The van der Waals surface area contributed by atoms with Crippen molar-refractivity contribution in [1.29, 1.82) is 0 Å². The van der Waals surface area contributed by atoms with E-state index in [-0.39, 0.29) is 5.02 Å². The molecule has 0 unspecified atom stereocenters. The quantitative estimate of drug-likeness (QED) is 0.830. The first-order valence-corrected chi connectivity index (χ1v) is 5.87. The van der Waals surface area contributed by atoms with Gasteiger partial charge in [0.2, 0.25) is 0 Å². The van der Waals surface area contributed by atoms with Crippen LogP contribution in [0.25, 0.3) is 0 Å². The standard InChI is InChI=1S/C12H7Cl2F3N2/c13-8-2-4-11(18-6-8)19-10-3-1-7(5-9(10)14)12(15,16)17/h1-6H,(H,18,19). The van der Waals surface area contributed by atoms with E-state index in [4.69, 9.17) is 23.2 Å². The number of nitrogens with one attached hydrogen (secondary N) is 1. The fraction of sp³-hybridized carbons (Fsp3) is 0.0833. The van der Waals surface area contributed by atoms with Crippen LogP contribution in [0.1, 0.15) is 5.56 Å². The van der Waals surface area contributed by atoms with Crippen LogP contribution in [-0.2, 0) is 6.18 Å². The smallest absolute Gasteiger partial charge is 0.339 e. The van der Waals surface area contributed by atoms with Crippen LogP contribution in [0.3, 0.4) is 0 Å². The Morgan fingerprint density at radius 1 is 1.05 bits per heavy atom. The maximum atomic E-state index is 12.5. The van der Waals surface area contributed by atoms with Gasteiger partial charge in [-0.3, -0.25) is 0 Å². The van der Waals surface area contributed by atoms with Crippen LogP contribution in [0.5, 0.6) is 0 Å². The predicted octanol–water partition coefficient (Wildman–Crippen LogP) is 5.15. The van der Waals surface area contributed by atoms with Gasteiger partial charge in [-0.25, -0.2) is 4.98 Å². The van der Waals surface area contributed by atoms with Crippen molar-refractivity contribution in [3.8, 4) is 0 Å². The van der Waals surface area contributed by atoms with Gasteiger partial charge in [0.15, 0.2) is 0 Å². The Labute approximate surface area is 117 Å². The SMILES string of the molecule is FC(F)(F)c1ccc(Nc2ccc(Cl)cn2)c(Cl)c1. The van der Waals surface area contributed by atoms with E-state index < -0.39 is 11.7 Å². The summed E-state index contributed by atoms with van der Waals surface area (Å²) in [6.45, 7) is 0. The number of aromatic nitrogens is 1. The minimum absolute atomic E-state index is 0.0356. The van der Waals surface area contributed by atoms with E-state index in [1.54, 1.807) is 12.1 Å². The molecule has 2 nitrogen and oxygen atoms in total. The Morgan fingerprint density at radius 3 is 2.32 bits per heavy atom. The molecule has 0 aliphatic heterocycles. The Kier molecular flexibility index (Phi) is 3.87. The first-order chi connectivity index (χ1) is 8.86. The highest BCUT2D eigenvalue weighted by Crippen LogP contribution is 2.34. The Balaban J connectivity index is 2.24. The highest BCUT2D eigenvalue weighted by molar-refractivity contribution is 6.33.